The van der Waals surface area contributed by atoms with Crippen LogP contribution < -0.4 is 0 Å². The molecule has 0 amide bonds. The Morgan fingerprint density at radius 2 is 2.18 bits per heavy atom. The molecule has 1 N–H and O–H groups in total. The molecular weight excluding hydrogens is 302 g/mol. The Hall–Kier alpha value is -1.10. The Labute approximate surface area is 137 Å². The van der Waals surface area contributed by atoms with Crippen LogP contribution in [-0.2, 0) is 9.53 Å². The van der Waals surface area contributed by atoms with E-state index in [1.807, 2.05) is 19.1 Å². The van der Waals surface area contributed by atoms with Crippen LogP contribution in [0.3, 0.4) is 0 Å². The third-order valence-electron chi connectivity index (χ3n) is 4.13. The number of aliphatic hydroxyl groups is 1. The molecule has 1 saturated heterocycles. The van der Waals surface area contributed by atoms with Crippen molar-refractivity contribution in [2.75, 3.05) is 26.2 Å². The monoisotopic (exact) mass is 325 g/mol. The first kappa shape index (κ1) is 17.3. The van der Waals surface area contributed by atoms with Gasteiger partial charge in [-0.1, -0.05) is 23.7 Å². The average Bonchev–Trinajstić information content (AvgIpc) is 2.49. The molecular formula is C17H24ClNO3. The van der Waals surface area contributed by atoms with Crippen LogP contribution in [-0.4, -0.2) is 42.2 Å². The number of piperidine rings is 1. The van der Waals surface area contributed by atoms with Crippen LogP contribution in [0.2, 0.25) is 5.02 Å². The highest BCUT2D eigenvalue weighted by Gasteiger charge is 2.23. The largest absolute Gasteiger partial charge is 0.466 e. The van der Waals surface area contributed by atoms with Crippen molar-refractivity contribution in [3.05, 3.63) is 34.9 Å². The van der Waals surface area contributed by atoms with E-state index in [9.17, 15) is 9.90 Å². The van der Waals surface area contributed by atoms with Crippen LogP contribution in [0.1, 0.15) is 37.9 Å². The highest BCUT2D eigenvalue weighted by Crippen LogP contribution is 2.24. The Morgan fingerprint density at radius 1 is 1.45 bits per heavy atom. The second-order valence-corrected chi connectivity index (χ2v) is 6.26. The number of carbonyl (C=O) groups is 1. The number of carbonyl (C=O) groups excluding carboxylic acids is 1. The SMILES string of the molecule is CCOC(=O)CC1CCN(CC(O)c2cccc(Cl)c2)CC1. The Kier molecular flexibility index (Phi) is 6.68. The van der Waals surface area contributed by atoms with Crippen molar-refractivity contribution in [1.82, 2.24) is 4.90 Å². The summed E-state index contributed by atoms with van der Waals surface area (Å²) in [6, 6.07) is 7.36. The molecule has 0 saturated carbocycles. The van der Waals surface area contributed by atoms with Crippen LogP contribution >= 0.6 is 11.6 Å². The van der Waals surface area contributed by atoms with Crippen LogP contribution in [0.5, 0.6) is 0 Å². The predicted molar refractivity (Wildman–Crippen MR) is 86.8 cm³/mol. The molecule has 1 atom stereocenters. The molecule has 1 aliphatic rings. The van der Waals surface area contributed by atoms with Crippen molar-refractivity contribution < 1.29 is 14.6 Å². The molecule has 2 rings (SSSR count). The van der Waals surface area contributed by atoms with Crippen molar-refractivity contribution in [2.45, 2.75) is 32.3 Å². The molecule has 1 aromatic carbocycles. The number of esters is 1. The van der Waals surface area contributed by atoms with Gasteiger partial charge in [0.1, 0.15) is 0 Å². The number of hydrogen-bond donors (Lipinski definition) is 1. The summed E-state index contributed by atoms with van der Waals surface area (Å²) in [5, 5.41) is 10.9. The number of likely N-dealkylation sites (tertiary alicyclic amines) is 1. The first-order chi connectivity index (χ1) is 10.6. The summed E-state index contributed by atoms with van der Waals surface area (Å²) >= 11 is 5.96. The van der Waals surface area contributed by atoms with Crippen LogP contribution in [0.15, 0.2) is 24.3 Å². The summed E-state index contributed by atoms with van der Waals surface area (Å²) in [6.07, 6.45) is 1.93. The number of nitrogens with zero attached hydrogens (tertiary/aromatic N) is 1. The van der Waals surface area contributed by atoms with Crippen LogP contribution in [0.25, 0.3) is 0 Å². The van der Waals surface area contributed by atoms with Crippen molar-refractivity contribution in [1.29, 1.82) is 0 Å². The quantitative estimate of drug-likeness (QED) is 0.817. The number of halogens is 1. The molecule has 0 spiro atoms. The molecule has 0 radical (unpaired) electrons. The number of rotatable bonds is 6. The third kappa shape index (κ3) is 5.27. The summed E-state index contributed by atoms with van der Waals surface area (Å²) < 4.78 is 5.00. The fourth-order valence-corrected chi connectivity index (χ4v) is 3.09. The minimum absolute atomic E-state index is 0.0973. The van der Waals surface area contributed by atoms with Crippen molar-refractivity contribution in [2.24, 2.45) is 5.92 Å². The zero-order valence-corrected chi connectivity index (χ0v) is 13.8. The lowest BCUT2D eigenvalue weighted by atomic mass is 9.93. The molecule has 1 aromatic rings. The van der Waals surface area contributed by atoms with E-state index in [0.717, 1.165) is 31.5 Å². The molecule has 4 nitrogen and oxygen atoms in total. The maximum absolute atomic E-state index is 11.5. The number of ether oxygens (including phenoxy) is 1. The van der Waals surface area contributed by atoms with Gasteiger partial charge in [0.2, 0.25) is 0 Å². The number of benzene rings is 1. The summed E-state index contributed by atoms with van der Waals surface area (Å²) in [4.78, 5) is 13.7. The third-order valence-corrected chi connectivity index (χ3v) is 4.37. The fraction of sp³-hybridized carbons (Fsp3) is 0.588. The number of hydrogen-bond acceptors (Lipinski definition) is 4. The van der Waals surface area contributed by atoms with E-state index >= 15 is 0 Å². The van der Waals surface area contributed by atoms with Gasteiger partial charge >= 0.3 is 5.97 Å². The van der Waals surface area contributed by atoms with E-state index in [2.05, 4.69) is 4.90 Å². The molecule has 1 fully saturated rings. The standard InChI is InChI=1S/C17H24ClNO3/c1-2-22-17(21)10-13-6-8-19(9-7-13)12-16(20)14-4-3-5-15(18)11-14/h3-5,11,13,16,20H,2,6-10,12H2,1H3. The maximum atomic E-state index is 11.5. The minimum atomic E-state index is -0.527. The van der Waals surface area contributed by atoms with Gasteiger partial charge < -0.3 is 14.7 Å². The van der Waals surface area contributed by atoms with Crippen molar-refractivity contribution in [3.63, 3.8) is 0 Å². The molecule has 0 bridgehead atoms. The van der Waals surface area contributed by atoms with Gasteiger partial charge in [0.25, 0.3) is 0 Å². The summed E-state index contributed by atoms with van der Waals surface area (Å²) in [7, 11) is 0. The highest BCUT2D eigenvalue weighted by atomic mass is 35.5. The van der Waals surface area contributed by atoms with Crippen molar-refractivity contribution in [3.8, 4) is 0 Å². The van der Waals surface area contributed by atoms with E-state index < -0.39 is 6.10 Å². The Balaban J connectivity index is 1.76. The van der Waals surface area contributed by atoms with Crippen LogP contribution in [0.4, 0.5) is 0 Å². The smallest absolute Gasteiger partial charge is 0.306 e. The van der Waals surface area contributed by atoms with Gasteiger partial charge in [0.15, 0.2) is 0 Å². The fourth-order valence-electron chi connectivity index (χ4n) is 2.89. The molecule has 1 unspecified atom stereocenters. The lowest BCUT2D eigenvalue weighted by molar-refractivity contribution is -0.144. The highest BCUT2D eigenvalue weighted by molar-refractivity contribution is 6.30. The lowest BCUT2D eigenvalue weighted by Gasteiger charge is -2.32. The van der Waals surface area contributed by atoms with Gasteiger partial charge in [-0.05, 0) is 56.5 Å². The molecule has 22 heavy (non-hydrogen) atoms. The number of aliphatic hydroxyl groups excluding tert-OH is 1. The molecule has 5 heteroatoms. The first-order valence-electron chi connectivity index (χ1n) is 7.90. The topological polar surface area (TPSA) is 49.8 Å². The summed E-state index contributed by atoms with van der Waals surface area (Å²) in [5.74, 6) is 0.304. The summed E-state index contributed by atoms with van der Waals surface area (Å²) in [5.41, 5.74) is 0.848. The molecule has 1 heterocycles. The molecule has 0 aromatic heterocycles. The van der Waals surface area contributed by atoms with E-state index in [1.165, 1.54) is 0 Å². The van der Waals surface area contributed by atoms with E-state index in [4.69, 9.17) is 16.3 Å². The second kappa shape index (κ2) is 8.51. The van der Waals surface area contributed by atoms with E-state index in [0.29, 0.717) is 30.5 Å². The molecule has 122 valence electrons. The van der Waals surface area contributed by atoms with Gasteiger partial charge in [-0.25, -0.2) is 0 Å². The Bertz CT molecular complexity index is 487. The van der Waals surface area contributed by atoms with Gasteiger partial charge in [-0.2, -0.15) is 0 Å². The summed E-state index contributed by atoms with van der Waals surface area (Å²) in [6.45, 7) is 4.69. The van der Waals surface area contributed by atoms with E-state index in [1.54, 1.807) is 12.1 Å². The second-order valence-electron chi connectivity index (χ2n) is 5.82. The zero-order chi connectivity index (χ0) is 15.9. The van der Waals surface area contributed by atoms with Gasteiger partial charge in [-0.3, -0.25) is 4.79 Å². The van der Waals surface area contributed by atoms with Gasteiger partial charge in [-0.15, -0.1) is 0 Å². The number of β-amino-alcohol motifs (C(OH)–C–C–N with tert-alkyl or cyclic N) is 1. The van der Waals surface area contributed by atoms with Crippen LogP contribution in [0, 0.1) is 5.92 Å². The molecule has 0 aliphatic carbocycles. The maximum Gasteiger partial charge on any atom is 0.306 e. The van der Waals surface area contributed by atoms with Crippen molar-refractivity contribution >= 4 is 17.6 Å². The normalized spacial score (nSPS) is 18.1. The molecule has 1 aliphatic heterocycles. The lowest BCUT2D eigenvalue weighted by Crippen LogP contribution is -2.37. The predicted octanol–water partition coefficient (Wildman–Crippen LogP) is 3.04. The average molecular weight is 326 g/mol. The van der Waals surface area contributed by atoms with E-state index in [-0.39, 0.29) is 5.97 Å². The van der Waals surface area contributed by atoms with Gasteiger partial charge in [0.05, 0.1) is 12.7 Å². The minimum Gasteiger partial charge on any atom is -0.466 e. The van der Waals surface area contributed by atoms with Gasteiger partial charge in [0, 0.05) is 18.0 Å². The Morgan fingerprint density at radius 3 is 2.82 bits per heavy atom. The first-order valence-corrected chi connectivity index (χ1v) is 8.27. The zero-order valence-electron chi connectivity index (χ0n) is 13.0.